The number of nitrogens with one attached hydrogen (secondary N) is 1. The summed E-state index contributed by atoms with van der Waals surface area (Å²) >= 11 is 6.11. The third-order valence-corrected chi connectivity index (χ3v) is 3.68. The smallest absolute Gasteiger partial charge is 0.219 e. The van der Waals surface area contributed by atoms with E-state index >= 15 is 0 Å². The molecule has 0 fully saturated rings. The summed E-state index contributed by atoms with van der Waals surface area (Å²) < 4.78 is 5.81. The van der Waals surface area contributed by atoms with Crippen molar-refractivity contribution >= 4 is 11.6 Å². The lowest BCUT2D eigenvalue weighted by Crippen LogP contribution is -2.12. The minimum atomic E-state index is 0.261. The van der Waals surface area contributed by atoms with Crippen LogP contribution in [0.3, 0.4) is 0 Å². The minimum Gasteiger partial charge on any atom is -0.439 e. The number of ether oxygens (including phenoxy) is 1. The molecule has 0 aliphatic heterocycles. The van der Waals surface area contributed by atoms with Crippen molar-refractivity contribution in [3.63, 3.8) is 0 Å². The SMILES string of the molecule is CCc1cc(Oc2cc(C(C)NC)ccn2)ccc1Cl. The normalized spacial score (nSPS) is 12.2. The highest BCUT2D eigenvalue weighted by Gasteiger charge is 2.07. The van der Waals surface area contributed by atoms with Gasteiger partial charge in [-0.15, -0.1) is 0 Å². The summed E-state index contributed by atoms with van der Waals surface area (Å²) in [6, 6.07) is 9.86. The molecule has 1 unspecified atom stereocenters. The standard InChI is InChI=1S/C16H19ClN2O/c1-4-12-9-14(5-6-15(12)17)20-16-10-13(7-8-19-16)11(2)18-3/h5-11,18H,4H2,1-3H3. The predicted molar refractivity (Wildman–Crippen MR) is 82.6 cm³/mol. The van der Waals surface area contributed by atoms with Crippen molar-refractivity contribution in [2.24, 2.45) is 0 Å². The molecule has 4 heteroatoms. The van der Waals surface area contributed by atoms with Crippen molar-refractivity contribution in [2.45, 2.75) is 26.3 Å². The van der Waals surface area contributed by atoms with E-state index in [1.807, 2.05) is 37.4 Å². The molecule has 0 aliphatic carbocycles. The number of pyridine rings is 1. The molecule has 0 bridgehead atoms. The minimum absolute atomic E-state index is 0.261. The van der Waals surface area contributed by atoms with Crippen molar-refractivity contribution in [3.8, 4) is 11.6 Å². The van der Waals surface area contributed by atoms with E-state index in [0.717, 1.165) is 28.3 Å². The average Bonchev–Trinajstić information content (AvgIpc) is 2.48. The van der Waals surface area contributed by atoms with Gasteiger partial charge in [0.2, 0.25) is 5.88 Å². The predicted octanol–water partition coefficient (Wildman–Crippen LogP) is 4.37. The fraction of sp³-hybridized carbons (Fsp3) is 0.312. The van der Waals surface area contributed by atoms with Gasteiger partial charge < -0.3 is 10.1 Å². The van der Waals surface area contributed by atoms with Crippen molar-refractivity contribution in [1.82, 2.24) is 10.3 Å². The fourth-order valence-corrected chi connectivity index (χ4v) is 2.17. The monoisotopic (exact) mass is 290 g/mol. The molecule has 0 saturated heterocycles. The number of rotatable bonds is 5. The van der Waals surface area contributed by atoms with E-state index in [2.05, 4.69) is 24.1 Å². The van der Waals surface area contributed by atoms with Gasteiger partial charge in [0.05, 0.1) is 0 Å². The number of halogens is 1. The zero-order valence-electron chi connectivity index (χ0n) is 12.0. The second kappa shape index (κ2) is 6.73. The third-order valence-electron chi connectivity index (χ3n) is 3.31. The van der Waals surface area contributed by atoms with Crippen LogP contribution in [-0.2, 0) is 6.42 Å². The highest BCUT2D eigenvalue weighted by molar-refractivity contribution is 6.31. The van der Waals surface area contributed by atoms with Gasteiger partial charge in [-0.1, -0.05) is 18.5 Å². The largest absolute Gasteiger partial charge is 0.439 e. The molecular weight excluding hydrogens is 272 g/mol. The highest BCUT2D eigenvalue weighted by atomic mass is 35.5. The second-order valence-electron chi connectivity index (χ2n) is 4.65. The topological polar surface area (TPSA) is 34.1 Å². The Labute approximate surface area is 124 Å². The molecule has 0 amide bonds. The third kappa shape index (κ3) is 3.50. The molecule has 0 aliphatic rings. The molecule has 2 aromatic rings. The van der Waals surface area contributed by atoms with Gasteiger partial charge in [-0.3, -0.25) is 0 Å². The maximum Gasteiger partial charge on any atom is 0.219 e. The highest BCUT2D eigenvalue weighted by Crippen LogP contribution is 2.26. The summed E-state index contributed by atoms with van der Waals surface area (Å²) in [6.45, 7) is 4.16. The molecule has 20 heavy (non-hydrogen) atoms. The van der Waals surface area contributed by atoms with Crippen LogP contribution in [0, 0.1) is 0 Å². The molecular formula is C16H19ClN2O. The van der Waals surface area contributed by atoms with Crippen molar-refractivity contribution in [2.75, 3.05) is 7.05 Å². The first-order chi connectivity index (χ1) is 9.63. The van der Waals surface area contributed by atoms with Crippen LogP contribution in [0.25, 0.3) is 0 Å². The van der Waals surface area contributed by atoms with Gasteiger partial charge in [0.25, 0.3) is 0 Å². The molecule has 1 atom stereocenters. The van der Waals surface area contributed by atoms with E-state index in [1.165, 1.54) is 0 Å². The maximum atomic E-state index is 6.11. The molecule has 106 valence electrons. The fourth-order valence-electron chi connectivity index (χ4n) is 1.92. The maximum absolute atomic E-state index is 6.11. The van der Waals surface area contributed by atoms with Crippen LogP contribution in [0.15, 0.2) is 36.5 Å². The Balaban J connectivity index is 2.21. The van der Waals surface area contributed by atoms with Gasteiger partial charge in [0.1, 0.15) is 5.75 Å². The molecule has 3 nitrogen and oxygen atoms in total. The van der Waals surface area contributed by atoms with Crippen LogP contribution >= 0.6 is 11.6 Å². The number of aromatic nitrogens is 1. The molecule has 0 radical (unpaired) electrons. The lowest BCUT2D eigenvalue weighted by atomic mass is 10.1. The lowest BCUT2D eigenvalue weighted by molar-refractivity contribution is 0.460. The van der Waals surface area contributed by atoms with E-state index in [0.29, 0.717) is 5.88 Å². The summed E-state index contributed by atoms with van der Waals surface area (Å²) in [5.74, 6) is 1.35. The molecule has 1 aromatic heterocycles. The number of nitrogens with zero attached hydrogens (tertiary/aromatic N) is 1. The van der Waals surface area contributed by atoms with E-state index in [4.69, 9.17) is 16.3 Å². The Morgan fingerprint density at radius 3 is 2.80 bits per heavy atom. The molecule has 1 N–H and O–H groups in total. The first kappa shape index (κ1) is 14.8. The molecule has 0 saturated carbocycles. The summed E-state index contributed by atoms with van der Waals surface area (Å²) in [5.41, 5.74) is 2.21. The van der Waals surface area contributed by atoms with Gasteiger partial charge >= 0.3 is 0 Å². The first-order valence-corrected chi connectivity index (χ1v) is 7.11. The Morgan fingerprint density at radius 1 is 1.30 bits per heavy atom. The van der Waals surface area contributed by atoms with E-state index in [-0.39, 0.29) is 6.04 Å². The Morgan fingerprint density at radius 2 is 2.10 bits per heavy atom. The lowest BCUT2D eigenvalue weighted by Gasteiger charge is -2.12. The summed E-state index contributed by atoms with van der Waals surface area (Å²) in [7, 11) is 1.93. The van der Waals surface area contributed by atoms with Crippen LogP contribution < -0.4 is 10.1 Å². The zero-order chi connectivity index (χ0) is 14.5. The van der Waals surface area contributed by atoms with E-state index in [9.17, 15) is 0 Å². The summed E-state index contributed by atoms with van der Waals surface area (Å²) in [6.07, 6.45) is 2.63. The molecule has 2 rings (SSSR count). The number of hydrogen-bond donors (Lipinski definition) is 1. The van der Waals surface area contributed by atoms with Crippen LogP contribution in [0.5, 0.6) is 11.6 Å². The number of benzene rings is 1. The number of aryl methyl sites for hydroxylation is 1. The first-order valence-electron chi connectivity index (χ1n) is 6.73. The van der Waals surface area contributed by atoms with Crippen molar-refractivity contribution in [3.05, 3.63) is 52.7 Å². The van der Waals surface area contributed by atoms with E-state index in [1.54, 1.807) is 6.20 Å². The number of hydrogen-bond acceptors (Lipinski definition) is 3. The van der Waals surface area contributed by atoms with E-state index < -0.39 is 0 Å². The summed E-state index contributed by atoms with van der Waals surface area (Å²) in [5, 5.41) is 3.97. The Bertz CT molecular complexity index is 586. The van der Waals surface area contributed by atoms with Crippen molar-refractivity contribution in [1.29, 1.82) is 0 Å². The van der Waals surface area contributed by atoms with Crippen LogP contribution in [-0.4, -0.2) is 12.0 Å². The molecule has 0 spiro atoms. The molecule has 1 aromatic carbocycles. The average molecular weight is 291 g/mol. The van der Waals surface area contributed by atoms with Crippen LogP contribution in [0.2, 0.25) is 5.02 Å². The Kier molecular flexibility index (Phi) is 4.99. The van der Waals surface area contributed by atoms with Gasteiger partial charge in [0.15, 0.2) is 0 Å². The quantitative estimate of drug-likeness (QED) is 0.888. The molecule has 1 heterocycles. The van der Waals surface area contributed by atoms with Gasteiger partial charge in [-0.2, -0.15) is 0 Å². The van der Waals surface area contributed by atoms with Gasteiger partial charge in [0, 0.05) is 23.3 Å². The van der Waals surface area contributed by atoms with Crippen molar-refractivity contribution < 1.29 is 4.74 Å². The van der Waals surface area contributed by atoms with Crippen LogP contribution in [0.1, 0.15) is 31.0 Å². The zero-order valence-corrected chi connectivity index (χ0v) is 12.7. The second-order valence-corrected chi connectivity index (χ2v) is 5.05. The Hall–Kier alpha value is -1.58. The summed E-state index contributed by atoms with van der Waals surface area (Å²) in [4.78, 5) is 4.25. The van der Waals surface area contributed by atoms with Crippen LogP contribution in [0.4, 0.5) is 0 Å². The van der Waals surface area contributed by atoms with Gasteiger partial charge in [-0.25, -0.2) is 4.98 Å². The van der Waals surface area contributed by atoms with Gasteiger partial charge in [-0.05, 0) is 55.8 Å².